The highest BCUT2D eigenvalue weighted by atomic mass is 16.3. The molecule has 5 nitrogen and oxygen atoms in total. The van der Waals surface area contributed by atoms with Gasteiger partial charge in [0.15, 0.2) is 0 Å². The topological polar surface area (TPSA) is 46.2 Å². The first-order valence-corrected chi connectivity index (χ1v) is 7.96. The first-order chi connectivity index (χ1) is 10.5. The molecular formula is C17H26N4O. The molecule has 120 valence electrons. The molecule has 22 heavy (non-hydrogen) atoms. The molecule has 1 N–H and O–H groups in total. The van der Waals surface area contributed by atoms with Gasteiger partial charge in [0.2, 0.25) is 0 Å². The van der Waals surface area contributed by atoms with Crippen LogP contribution in [0.25, 0.3) is 0 Å². The Kier molecular flexibility index (Phi) is 4.00. The molecule has 0 bridgehead atoms. The van der Waals surface area contributed by atoms with Gasteiger partial charge >= 0.3 is 0 Å². The van der Waals surface area contributed by atoms with Crippen molar-refractivity contribution in [1.29, 1.82) is 0 Å². The third kappa shape index (κ3) is 2.90. The van der Waals surface area contributed by atoms with Crippen molar-refractivity contribution in [3.05, 3.63) is 34.9 Å². The fraction of sp³-hybridized carbons (Fsp3) is 0.588. The van der Waals surface area contributed by atoms with E-state index < -0.39 is 0 Å². The second kappa shape index (κ2) is 5.80. The van der Waals surface area contributed by atoms with Gasteiger partial charge in [-0.15, -0.1) is 0 Å². The van der Waals surface area contributed by atoms with E-state index in [-0.39, 0.29) is 0 Å². The lowest BCUT2D eigenvalue weighted by atomic mass is 10.2. The van der Waals surface area contributed by atoms with Crippen molar-refractivity contribution in [1.82, 2.24) is 15.1 Å². The SMILES string of the molecule is Cc1nn(C)c(N(C)C)c1CNCc1ccc([C@@H]2C[C@H]2C)o1. The molecule has 3 rings (SSSR count). The van der Waals surface area contributed by atoms with Crippen LogP contribution in [0.2, 0.25) is 0 Å². The van der Waals surface area contributed by atoms with Gasteiger partial charge in [0.05, 0.1) is 12.2 Å². The predicted molar refractivity (Wildman–Crippen MR) is 88.0 cm³/mol. The van der Waals surface area contributed by atoms with Crippen LogP contribution in [0, 0.1) is 12.8 Å². The highest BCUT2D eigenvalue weighted by molar-refractivity contribution is 5.48. The van der Waals surface area contributed by atoms with Crippen LogP contribution in [0.15, 0.2) is 16.5 Å². The molecule has 5 heteroatoms. The quantitative estimate of drug-likeness (QED) is 0.891. The van der Waals surface area contributed by atoms with Crippen LogP contribution >= 0.6 is 0 Å². The number of anilines is 1. The van der Waals surface area contributed by atoms with Crippen molar-refractivity contribution in [2.75, 3.05) is 19.0 Å². The second-order valence-electron chi connectivity index (χ2n) is 6.63. The minimum atomic E-state index is 0.648. The summed E-state index contributed by atoms with van der Waals surface area (Å²) in [6.07, 6.45) is 1.27. The Morgan fingerprint density at radius 1 is 1.36 bits per heavy atom. The molecule has 0 aromatic carbocycles. The van der Waals surface area contributed by atoms with Crippen molar-refractivity contribution in [3.8, 4) is 0 Å². The van der Waals surface area contributed by atoms with E-state index in [2.05, 4.69) is 55.4 Å². The van der Waals surface area contributed by atoms with Gasteiger partial charge in [0, 0.05) is 39.2 Å². The average Bonchev–Trinajstić information content (AvgIpc) is 2.88. The summed E-state index contributed by atoms with van der Waals surface area (Å²) in [5, 5.41) is 7.99. The van der Waals surface area contributed by atoms with E-state index in [0.717, 1.165) is 42.0 Å². The zero-order valence-electron chi connectivity index (χ0n) is 14.2. The normalized spacial score (nSPS) is 20.4. The van der Waals surface area contributed by atoms with E-state index in [1.807, 2.05) is 11.7 Å². The van der Waals surface area contributed by atoms with Crippen LogP contribution in [0.4, 0.5) is 5.82 Å². The van der Waals surface area contributed by atoms with Crippen LogP contribution in [0.5, 0.6) is 0 Å². The molecule has 1 saturated carbocycles. The second-order valence-corrected chi connectivity index (χ2v) is 6.63. The maximum absolute atomic E-state index is 5.94. The lowest BCUT2D eigenvalue weighted by Crippen LogP contribution is -2.18. The number of hydrogen-bond donors (Lipinski definition) is 1. The molecule has 2 aromatic heterocycles. The summed E-state index contributed by atoms with van der Waals surface area (Å²) in [6.45, 7) is 5.88. The first kappa shape index (κ1) is 15.2. The molecule has 2 heterocycles. The molecule has 1 aliphatic carbocycles. The van der Waals surface area contributed by atoms with Crippen LogP contribution in [-0.2, 0) is 20.1 Å². The van der Waals surface area contributed by atoms with Crippen LogP contribution in [-0.4, -0.2) is 23.9 Å². The number of aromatic nitrogens is 2. The zero-order chi connectivity index (χ0) is 15.9. The largest absolute Gasteiger partial charge is 0.464 e. The minimum Gasteiger partial charge on any atom is -0.464 e. The highest BCUT2D eigenvalue weighted by Crippen LogP contribution is 2.47. The van der Waals surface area contributed by atoms with Crippen LogP contribution in [0.3, 0.4) is 0 Å². The molecule has 0 spiro atoms. The Morgan fingerprint density at radius 3 is 2.73 bits per heavy atom. The molecule has 0 amide bonds. The monoisotopic (exact) mass is 302 g/mol. The number of hydrogen-bond acceptors (Lipinski definition) is 4. The minimum absolute atomic E-state index is 0.648. The van der Waals surface area contributed by atoms with Crippen molar-refractivity contribution in [2.45, 2.75) is 39.3 Å². The maximum Gasteiger partial charge on any atom is 0.130 e. The summed E-state index contributed by atoms with van der Waals surface area (Å²) >= 11 is 0. The molecule has 2 atom stereocenters. The molecule has 2 aromatic rings. The van der Waals surface area contributed by atoms with E-state index in [9.17, 15) is 0 Å². The van der Waals surface area contributed by atoms with Crippen LogP contribution < -0.4 is 10.2 Å². The van der Waals surface area contributed by atoms with Gasteiger partial charge in [-0.1, -0.05) is 6.92 Å². The zero-order valence-corrected chi connectivity index (χ0v) is 14.2. The molecule has 1 aliphatic rings. The summed E-state index contributed by atoms with van der Waals surface area (Å²) < 4.78 is 7.87. The smallest absolute Gasteiger partial charge is 0.130 e. The van der Waals surface area contributed by atoms with Crippen LogP contribution in [0.1, 0.15) is 42.0 Å². The van der Waals surface area contributed by atoms with Crippen molar-refractivity contribution in [2.24, 2.45) is 13.0 Å². The summed E-state index contributed by atoms with van der Waals surface area (Å²) in [7, 11) is 6.09. The van der Waals surface area contributed by atoms with Crippen molar-refractivity contribution in [3.63, 3.8) is 0 Å². The Morgan fingerprint density at radius 2 is 2.09 bits per heavy atom. The lowest BCUT2D eigenvalue weighted by molar-refractivity contribution is 0.444. The lowest BCUT2D eigenvalue weighted by Gasteiger charge is -2.15. The Balaban J connectivity index is 1.60. The number of nitrogens with one attached hydrogen (secondary N) is 1. The summed E-state index contributed by atoms with van der Waals surface area (Å²) in [6, 6.07) is 4.22. The fourth-order valence-electron chi connectivity index (χ4n) is 3.17. The molecule has 0 saturated heterocycles. The standard InChI is InChI=1S/C17H26N4O/c1-11-8-14(11)16-7-6-13(22-16)9-18-10-15-12(2)19-21(5)17(15)20(3)4/h6-7,11,14,18H,8-10H2,1-5H3/t11-,14-/m1/s1. The number of nitrogens with zero attached hydrogens (tertiary/aromatic N) is 3. The van der Waals surface area contributed by atoms with Gasteiger partial charge in [0.1, 0.15) is 17.3 Å². The van der Waals surface area contributed by atoms with E-state index >= 15 is 0 Å². The van der Waals surface area contributed by atoms with E-state index in [1.165, 1.54) is 12.0 Å². The third-order valence-electron chi connectivity index (χ3n) is 4.50. The van der Waals surface area contributed by atoms with E-state index in [1.54, 1.807) is 0 Å². The Hall–Kier alpha value is -1.75. The van der Waals surface area contributed by atoms with E-state index in [0.29, 0.717) is 5.92 Å². The fourth-order valence-corrected chi connectivity index (χ4v) is 3.17. The maximum atomic E-state index is 5.94. The first-order valence-electron chi connectivity index (χ1n) is 7.96. The molecular weight excluding hydrogens is 276 g/mol. The van der Waals surface area contributed by atoms with Crippen molar-refractivity contribution >= 4 is 5.82 Å². The summed E-state index contributed by atoms with van der Waals surface area (Å²) in [5.74, 6) is 4.75. The highest BCUT2D eigenvalue weighted by Gasteiger charge is 2.36. The van der Waals surface area contributed by atoms with E-state index in [4.69, 9.17) is 4.42 Å². The molecule has 0 radical (unpaired) electrons. The number of furan rings is 1. The third-order valence-corrected chi connectivity index (χ3v) is 4.50. The molecule has 1 fully saturated rings. The van der Waals surface area contributed by atoms with Gasteiger partial charge in [-0.25, -0.2) is 0 Å². The number of aryl methyl sites for hydroxylation is 2. The Labute approximate surface area is 132 Å². The molecule has 0 aliphatic heterocycles. The van der Waals surface area contributed by atoms with Gasteiger partial charge < -0.3 is 14.6 Å². The molecule has 0 unspecified atom stereocenters. The predicted octanol–water partition coefficient (Wildman–Crippen LogP) is 2.80. The van der Waals surface area contributed by atoms with Crippen molar-refractivity contribution < 1.29 is 4.42 Å². The van der Waals surface area contributed by atoms with Gasteiger partial charge in [-0.2, -0.15) is 5.10 Å². The number of rotatable bonds is 6. The van der Waals surface area contributed by atoms with Gasteiger partial charge in [0.25, 0.3) is 0 Å². The summed E-state index contributed by atoms with van der Waals surface area (Å²) in [5.41, 5.74) is 2.32. The summed E-state index contributed by atoms with van der Waals surface area (Å²) in [4.78, 5) is 2.11. The van der Waals surface area contributed by atoms with Gasteiger partial charge in [-0.05, 0) is 31.4 Å². The average molecular weight is 302 g/mol. The van der Waals surface area contributed by atoms with Gasteiger partial charge in [-0.3, -0.25) is 4.68 Å². The Bertz CT molecular complexity index is 656.